The molecular formula is C23H22Cl2N2. The van der Waals surface area contributed by atoms with Crippen LogP contribution < -0.4 is 10.6 Å². The number of halogens is 2. The largest absolute Gasteiger partial charge is 0.355 e. The van der Waals surface area contributed by atoms with Gasteiger partial charge in [0.2, 0.25) is 0 Å². The standard InChI is InChI=1S/C23H22Cl2N2/c1-15-4-2-3-5-23(15)27-19-8-7-17-11-20(13-18(17)12-19)26-14-16-6-9-21(24)22(25)10-16/h2-10,12,20,26-27H,11,13-14H2,1H3. The number of benzene rings is 3. The molecule has 0 aliphatic heterocycles. The van der Waals surface area contributed by atoms with Gasteiger partial charge in [-0.2, -0.15) is 0 Å². The van der Waals surface area contributed by atoms with Crippen molar-refractivity contribution < 1.29 is 0 Å². The molecule has 0 saturated carbocycles. The van der Waals surface area contributed by atoms with Crippen LogP contribution in [0.2, 0.25) is 10.0 Å². The zero-order valence-corrected chi connectivity index (χ0v) is 16.7. The van der Waals surface area contributed by atoms with Gasteiger partial charge in [0.25, 0.3) is 0 Å². The minimum absolute atomic E-state index is 0.447. The van der Waals surface area contributed by atoms with E-state index in [1.54, 1.807) is 0 Å². The summed E-state index contributed by atoms with van der Waals surface area (Å²) in [6, 6.07) is 21.3. The van der Waals surface area contributed by atoms with Crippen molar-refractivity contribution >= 4 is 34.6 Å². The number of rotatable bonds is 5. The molecule has 4 heteroatoms. The topological polar surface area (TPSA) is 24.1 Å². The van der Waals surface area contributed by atoms with E-state index in [0.29, 0.717) is 16.1 Å². The lowest BCUT2D eigenvalue weighted by atomic mass is 10.1. The van der Waals surface area contributed by atoms with Crippen LogP contribution in [-0.4, -0.2) is 6.04 Å². The highest BCUT2D eigenvalue weighted by atomic mass is 35.5. The SMILES string of the molecule is Cc1ccccc1Nc1ccc2c(c1)CC(NCc1ccc(Cl)c(Cl)c1)C2. The van der Waals surface area contributed by atoms with Gasteiger partial charge in [-0.05, 0) is 72.4 Å². The lowest BCUT2D eigenvalue weighted by Crippen LogP contribution is -2.28. The third kappa shape index (κ3) is 4.30. The molecule has 1 atom stereocenters. The predicted molar refractivity (Wildman–Crippen MR) is 115 cm³/mol. The first-order valence-corrected chi connectivity index (χ1v) is 9.96. The van der Waals surface area contributed by atoms with Gasteiger partial charge in [-0.25, -0.2) is 0 Å². The Labute approximate surface area is 170 Å². The normalized spacial score (nSPS) is 15.6. The molecule has 3 aromatic rings. The van der Waals surface area contributed by atoms with Gasteiger partial charge < -0.3 is 10.6 Å². The summed E-state index contributed by atoms with van der Waals surface area (Å²) in [5.74, 6) is 0. The summed E-state index contributed by atoms with van der Waals surface area (Å²) in [5.41, 5.74) is 7.55. The monoisotopic (exact) mass is 396 g/mol. The predicted octanol–water partition coefficient (Wildman–Crippen LogP) is 6.30. The maximum Gasteiger partial charge on any atom is 0.0595 e. The van der Waals surface area contributed by atoms with Gasteiger partial charge in [0, 0.05) is 24.0 Å². The highest BCUT2D eigenvalue weighted by Gasteiger charge is 2.21. The molecule has 2 nitrogen and oxygen atoms in total. The Morgan fingerprint density at radius 2 is 1.70 bits per heavy atom. The fraction of sp³-hybridized carbons (Fsp3) is 0.217. The Kier molecular flexibility index (Phi) is 5.40. The van der Waals surface area contributed by atoms with E-state index in [2.05, 4.69) is 60.0 Å². The molecule has 0 fully saturated rings. The summed E-state index contributed by atoms with van der Waals surface area (Å²) < 4.78 is 0. The number of aryl methyl sites for hydroxylation is 1. The summed E-state index contributed by atoms with van der Waals surface area (Å²) >= 11 is 12.1. The van der Waals surface area contributed by atoms with Crippen molar-refractivity contribution in [3.63, 3.8) is 0 Å². The van der Waals surface area contributed by atoms with Crippen LogP contribution in [0, 0.1) is 6.92 Å². The Hall–Kier alpha value is -2.00. The van der Waals surface area contributed by atoms with Gasteiger partial charge in [-0.3, -0.25) is 0 Å². The molecule has 3 aromatic carbocycles. The van der Waals surface area contributed by atoms with Crippen LogP contribution in [0.4, 0.5) is 11.4 Å². The summed E-state index contributed by atoms with van der Waals surface area (Å²) in [4.78, 5) is 0. The minimum atomic E-state index is 0.447. The van der Waals surface area contributed by atoms with Crippen molar-refractivity contribution in [2.24, 2.45) is 0 Å². The van der Waals surface area contributed by atoms with Gasteiger partial charge in [-0.1, -0.05) is 53.5 Å². The summed E-state index contributed by atoms with van der Waals surface area (Å²) in [5, 5.41) is 8.39. The van der Waals surface area contributed by atoms with E-state index in [4.69, 9.17) is 23.2 Å². The quantitative estimate of drug-likeness (QED) is 0.528. The van der Waals surface area contributed by atoms with Crippen LogP contribution in [0.1, 0.15) is 22.3 Å². The third-order valence-electron chi connectivity index (χ3n) is 5.14. The highest BCUT2D eigenvalue weighted by Crippen LogP contribution is 2.28. The highest BCUT2D eigenvalue weighted by molar-refractivity contribution is 6.42. The lowest BCUT2D eigenvalue weighted by molar-refractivity contribution is 0.533. The number of fused-ring (bicyclic) bond motifs is 1. The Morgan fingerprint density at radius 1 is 0.889 bits per heavy atom. The molecule has 0 spiro atoms. The van der Waals surface area contributed by atoms with E-state index in [1.807, 2.05) is 18.2 Å². The second-order valence-corrected chi connectivity index (χ2v) is 7.97. The molecule has 0 heterocycles. The van der Waals surface area contributed by atoms with Gasteiger partial charge in [0.15, 0.2) is 0 Å². The zero-order chi connectivity index (χ0) is 18.8. The Morgan fingerprint density at radius 3 is 2.52 bits per heavy atom. The van der Waals surface area contributed by atoms with Gasteiger partial charge in [0.1, 0.15) is 0 Å². The number of hydrogen-bond donors (Lipinski definition) is 2. The smallest absolute Gasteiger partial charge is 0.0595 e. The fourth-order valence-electron chi connectivity index (χ4n) is 3.62. The molecule has 0 amide bonds. The average Bonchev–Trinajstić information content (AvgIpc) is 3.07. The van der Waals surface area contributed by atoms with Crippen molar-refractivity contribution in [2.45, 2.75) is 32.4 Å². The van der Waals surface area contributed by atoms with Crippen molar-refractivity contribution in [2.75, 3.05) is 5.32 Å². The van der Waals surface area contributed by atoms with Gasteiger partial charge in [-0.15, -0.1) is 0 Å². The number of anilines is 2. The first kappa shape index (κ1) is 18.4. The fourth-order valence-corrected chi connectivity index (χ4v) is 3.94. The molecule has 1 unspecified atom stereocenters. The van der Waals surface area contributed by atoms with E-state index in [0.717, 1.165) is 36.3 Å². The maximum atomic E-state index is 6.11. The van der Waals surface area contributed by atoms with Crippen LogP contribution in [0.25, 0.3) is 0 Å². The molecule has 0 radical (unpaired) electrons. The van der Waals surface area contributed by atoms with Crippen LogP contribution >= 0.6 is 23.2 Å². The molecule has 1 aliphatic carbocycles. The molecule has 2 N–H and O–H groups in total. The molecular weight excluding hydrogens is 375 g/mol. The van der Waals surface area contributed by atoms with Crippen molar-refractivity contribution in [3.05, 3.63) is 93.0 Å². The number of hydrogen-bond acceptors (Lipinski definition) is 2. The van der Waals surface area contributed by atoms with E-state index in [1.165, 1.54) is 16.7 Å². The Balaban J connectivity index is 1.40. The molecule has 138 valence electrons. The molecule has 0 saturated heterocycles. The van der Waals surface area contributed by atoms with E-state index >= 15 is 0 Å². The second-order valence-electron chi connectivity index (χ2n) is 7.16. The van der Waals surface area contributed by atoms with Crippen LogP contribution in [-0.2, 0) is 19.4 Å². The molecule has 27 heavy (non-hydrogen) atoms. The van der Waals surface area contributed by atoms with Crippen LogP contribution in [0.15, 0.2) is 60.7 Å². The second kappa shape index (κ2) is 7.93. The first-order chi connectivity index (χ1) is 13.1. The lowest BCUT2D eigenvalue weighted by Gasteiger charge is -2.12. The maximum absolute atomic E-state index is 6.11. The third-order valence-corrected chi connectivity index (χ3v) is 5.88. The van der Waals surface area contributed by atoms with Crippen molar-refractivity contribution in [1.82, 2.24) is 5.32 Å². The van der Waals surface area contributed by atoms with Gasteiger partial charge in [0.05, 0.1) is 10.0 Å². The zero-order valence-electron chi connectivity index (χ0n) is 15.2. The van der Waals surface area contributed by atoms with Crippen molar-refractivity contribution in [1.29, 1.82) is 0 Å². The molecule has 0 bridgehead atoms. The summed E-state index contributed by atoms with van der Waals surface area (Å²) in [6.45, 7) is 2.92. The molecule has 1 aliphatic rings. The Bertz CT molecular complexity index is 968. The average molecular weight is 397 g/mol. The van der Waals surface area contributed by atoms with Crippen molar-refractivity contribution in [3.8, 4) is 0 Å². The minimum Gasteiger partial charge on any atom is -0.355 e. The van der Waals surface area contributed by atoms with E-state index in [9.17, 15) is 0 Å². The number of para-hydroxylation sites is 1. The van der Waals surface area contributed by atoms with E-state index in [-0.39, 0.29) is 0 Å². The first-order valence-electron chi connectivity index (χ1n) is 9.20. The number of nitrogens with one attached hydrogen (secondary N) is 2. The van der Waals surface area contributed by atoms with Gasteiger partial charge >= 0.3 is 0 Å². The molecule has 4 rings (SSSR count). The van der Waals surface area contributed by atoms with E-state index < -0.39 is 0 Å². The molecule has 0 aromatic heterocycles. The van der Waals surface area contributed by atoms with Crippen LogP contribution in [0.3, 0.4) is 0 Å². The summed E-state index contributed by atoms with van der Waals surface area (Å²) in [6.07, 6.45) is 2.10. The summed E-state index contributed by atoms with van der Waals surface area (Å²) in [7, 11) is 0. The van der Waals surface area contributed by atoms with Crippen LogP contribution in [0.5, 0.6) is 0 Å².